The van der Waals surface area contributed by atoms with Gasteiger partial charge in [-0.1, -0.05) is 38.1 Å². The maximum atomic E-state index is 12.7. The number of nitrogens with zero attached hydrogens (tertiary/aromatic N) is 1. The quantitative estimate of drug-likeness (QED) is 0.733. The second kappa shape index (κ2) is 7.46. The van der Waals surface area contributed by atoms with Crippen molar-refractivity contribution < 1.29 is 17.9 Å². The van der Waals surface area contributed by atoms with E-state index in [1.54, 1.807) is 5.38 Å². The van der Waals surface area contributed by atoms with E-state index in [1.165, 1.54) is 30.1 Å². The number of thiophene rings is 1. The third-order valence-electron chi connectivity index (χ3n) is 3.74. The number of hydrogen-bond donors (Lipinski definition) is 0. The molecule has 0 aliphatic heterocycles. The van der Waals surface area contributed by atoms with Gasteiger partial charge < -0.3 is 4.74 Å². The van der Waals surface area contributed by atoms with Crippen molar-refractivity contribution in [1.82, 2.24) is 4.31 Å². The fraction of sp³-hybridized carbons (Fsp3) is 0.353. The van der Waals surface area contributed by atoms with E-state index in [0.717, 1.165) is 16.9 Å². The van der Waals surface area contributed by atoms with Crippen LogP contribution in [0.15, 0.2) is 40.6 Å². The molecule has 0 amide bonds. The van der Waals surface area contributed by atoms with Gasteiger partial charge in [0.1, 0.15) is 9.77 Å². The second-order valence-corrected chi connectivity index (χ2v) is 8.69. The van der Waals surface area contributed by atoms with Gasteiger partial charge in [0, 0.05) is 13.6 Å². The van der Waals surface area contributed by atoms with Gasteiger partial charge in [0.15, 0.2) is 0 Å². The Kier molecular flexibility index (Phi) is 5.79. The summed E-state index contributed by atoms with van der Waals surface area (Å²) >= 11 is 1.06. The number of hydrogen-bond acceptors (Lipinski definition) is 5. The first-order chi connectivity index (χ1) is 11.3. The van der Waals surface area contributed by atoms with Crippen LogP contribution < -0.4 is 0 Å². The Bertz CT molecular complexity index is 807. The van der Waals surface area contributed by atoms with Crippen LogP contribution in [0.25, 0.3) is 0 Å². The van der Waals surface area contributed by atoms with Crippen LogP contribution >= 0.6 is 11.3 Å². The number of carbonyl (C=O) groups is 1. The number of methoxy groups -OCH3 is 1. The summed E-state index contributed by atoms with van der Waals surface area (Å²) in [5, 5.41) is 1.57. The SMILES string of the molecule is COC(=O)c1sccc1S(=O)(=O)N(C)Cc1ccc(C(C)C)cc1. The van der Waals surface area contributed by atoms with E-state index in [0.29, 0.717) is 5.92 Å². The molecule has 0 bridgehead atoms. The molecule has 0 fully saturated rings. The maximum Gasteiger partial charge on any atom is 0.349 e. The molecule has 7 heteroatoms. The molecule has 24 heavy (non-hydrogen) atoms. The zero-order valence-corrected chi connectivity index (χ0v) is 15.8. The molecule has 0 N–H and O–H groups in total. The van der Waals surface area contributed by atoms with E-state index < -0.39 is 16.0 Å². The molecule has 2 aromatic rings. The molecule has 1 heterocycles. The van der Waals surface area contributed by atoms with Crippen molar-refractivity contribution in [3.05, 3.63) is 51.7 Å². The second-order valence-electron chi connectivity index (χ2n) is 5.76. The molecule has 0 atom stereocenters. The first kappa shape index (κ1) is 18.6. The van der Waals surface area contributed by atoms with Crippen LogP contribution in [0.2, 0.25) is 0 Å². The smallest absolute Gasteiger partial charge is 0.349 e. The number of carbonyl (C=O) groups excluding carboxylic acids is 1. The van der Waals surface area contributed by atoms with Crippen LogP contribution in [-0.2, 0) is 21.3 Å². The molecule has 1 aromatic heterocycles. The lowest BCUT2D eigenvalue weighted by atomic mass is 10.0. The Morgan fingerprint density at radius 1 is 1.21 bits per heavy atom. The molecule has 0 unspecified atom stereocenters. The van der Waals surface area contributed by atoms with E-state index in [2.05, 4.69) is 18.6 Å². The van der Waals surface area contributed by atoms with Crippen molar-refractivity contribution in [3.63, 3.8) is 0 Å². The zero-order chi connectivity index (χ0) is 17.9. The van der Waals surface area contributed by atoms with Gasteiger partial charge in [-0.15, -0.1) is 11.3 Å². The van der Waals surface area contributed by atoms with Gasteiger partial charge in [0.2, 0.25) is 10.0 Å². The highest BCUT2D eigenvalue weighted by atomic mass is 32.2. The van der Waals surface area contributed by atoms with E-state index in [-0.39, 0.29) is 16.3 Å². The standard InChI is InChI=1S/C17H21NO4S2/c1-12(2)14-7-5-13(6-8-14)11-18(3)24(20,21)15-9-10-23-16(15)17(19)22-4/h5-10,12H,11H2,1-4H3. The average molecular weight is 367 g/mol. The van der Waals surface area contributed by atoms with E-state index in [4.69, 9.17) is 0 Å². The number of rotatable bonds is 6. The normalized spacial score (nSPS) is 11.9. The molecule has 1 aromatic carbocycles. The molecular formula is C17H21NO4S2. The molecule has 0 spiro atoms. The lowest BCUT2D eigenvalue weighted by molar-refractivity contribution is 0.0602. The van der Waals surface area contributed by atoms with Gasteiger partial charge in [-0.3, -0.25) is 0 Å². The molecule has 0 aliphatic rings. The largest absolute Gasteiger partial charge is 0.465 e. The number of benzene rings is 1. The monoisotopic (exact) mass is 367 g/mol. The highest BCUT2D eigenvalue weighted by molar-refractivity contribution is 7.89. The number of ether oxygens (including phenoxy) is 1. The summed E-state index contributed by atoms with van der Waals surface area (Å²) in [6.07, 6.45) is 0. The highest BCUT2D eigenvalue weighted by Gasteiger charge is 2.28. The van der Waals surface area contributed by atoms with Crippen molar-refractivity contribution in [2.24, 2.45) is 0 Å². The Labute approximate surface area is 146 Å². The van der Waals surface area contributed by atoms with Crippen LogP contribution in [0.5, 0.6) is 0 Å². The van der Waals surface area contributed by atoms with Crippen LogP contribution in [0.4, 0.5) is 0 Å². The number of sulfonamides is 1. The van der Waals surface area contributed by atoms with Gasteiger partial charge in [-0.05, 0) is 28.5 Å². The Hall–Kier alpha value is -1.70. The third-order valence-corrected chi connectivity index (χ3v) is 6.61. The Balaban J connectivity index is 2.23. The van der Waals surface area contributed by atoms with Crippen molar-refractivity contribution in [2.75, 3.05) is 14.2 Å². The van der Waals surface area contributed by atoms with Crippen molar-refractivity contribution in [2.45, 2.75) is 31.2 Å². The van der Waals surface area contributed by atoms with Gasteiger partial charge in [-0.2, -0.15) is 4.31 Å². The van der Waals surface area contributed by atoms with Gasteiger partial charge in [-0.25, -0.2) is 13.2 Å². The van der Waals surface area contributed by atoms with Crippen molar-refractivity contribution in [3.8, 4) is 0 Å². The summed E-state index contributed by atoms with van der Waals surface area (Å²) in [5.41, 5.74) is 2.09. The molecule has 5 nitrogen and oxygen atoms in total. The zero-order valence-electron chi connectivity index (χ0n) is 14.1. The predicted molar refractivity (Wildman–Crippen MR) is 94.8 cm³/mol. The minimum atomic E-state index is -3.76. The molecule has 0 radical (unpaired) electrons. The van der Waals surface area contributed by atoms with E-state index in [1.807, 2.05) is 24.3 Å². The van der Waals surface area contributed by atoms with Crippen molar-refractivity contribution >= 4 is 27.3 Å². The average Bonchev–Trinajstić information content (AvgIpc) is 3.05. The Morgan fingerprint density at radius 3 is 2.38 bits per heavy atom. The lowest BCUT2D eigenvalue weighted by Gasteiger charge is -2.17. The maximum absolute atomic E-state index is 12.7. The minimum absolute atomic E-state index is 0.0133. The molecule has 2 rings (SSSR count). The van der Waals surface area contributed by atoms with Crippen molar-refractivity contribution in [1.29, 1.82) is 0 Å². The van der Waals surface area contributed by atoms with Crippen LogP contribution in [0.3, 0.4) is 0 Å². The van der Waals surface area contributed by atoms with Gasteiger partial charge >= 0.3 is 5.97 Å². The van der Waals surface area contributed by atoms with E-state index >= 15 is 0 Å². The first-order valence-corrected chi connectivity index (χ1v) is 9.80. The topological polar surface area (TPSA) is 63.7 Å². The first-order valence-electron chi connectivity index (χ1n) is 7.48. The van der Waals surface area contributed by atoms with Crippen LogP contribution in [0.1, 0.15) is 40.6 Å². The predicted octanol–water partition coefficient (Wildman–Crippen LogP) is 3.48. The summed E-state index contributed by atoms with van der Waals surface area (Å²) in [5.74, 6) is -0.216. The van der Waals surface area contributed by atoms with Gasteiger partial charge in [0.05, 0.1) is 7.11 Å². The molecule has 0 saturated heterocycles. The van der Waals surface area contributed by atoms with E-state index in [9.17, 15) is 13.2 Å². The lowest BCUT2D eigenvalue weighted by Crippen LogP contribution is -2.27. The third kappa shape index (κ3) is 3.85. The highest BCUT2D eigenvalue weighted by Crippen LogP contribution is 2.26. The fourth-order valence-electron chi connectivity index (χ4n) is 2.26. The minimum Gasteiger partial charge on any atom is -0.465 e. The molecule has 0 aliphatic carbocycles. The Morgan fingerprint density at radius 2 is 1.83 bits per heavy atom. The summed E-state index contributed by atoms with van der Waals surface area (Å²) in [6.45, 7) is 4.45. The summed E-state index contributed by atoms with van der Waals surface area (Å²) in [6, 6.07) is 9.30. The molecule has 0 saturated carbocycles. The number of esters is 1. The summed E-state index contributed by atoms with van der Waals surface area (Å²) in [7, 11) is -1.02. The van der Waals surface area contributed by atoms with Crippen LogP contribution in [0, 0.1) is 0 Å². The van der Waals surface area contributed by atoms with Gasteiger partial charge in [0.25, 0.3) is 0 Å². The van der Waals surface area contributed by atoms with Crippen LogP contribution in [-0.4, -0.2) is 32.8 Å². The fourth-order valence-corrected chi connectivity index (χ4v) is 4.72. The molecular weight excluding hydrogens is 346 g/mol. The summed E-state index contributed by atoms with van der Waals surface area (Å²) in [4.78, 5) is 11.8. The summed E-state index contributed by atoms with van der Waals surface area (Å²) < 4.78 is 31.4. The molecule has 130 valence electrons.